The van der Waals surface area contributed by atoms with Gasteiger partial charge in [0.25, 0.3) is 0 Å². The molecule has 1 fully saturated rings. The largest absolute Gasteiger partial charge is 0.352 e. The molecule has 1 aromatic heterocycles. The Balaban J connectivity index is 1.62. The molecule has 1 atom stereocenters. The molecular formula is C19H24N4O. The molecule has 5 nitrogen and oxygen atoms in total. The third-order valence-corrected chi connectivity index (χ3v) is 5.14. The summed E-state index contributed by atoms with van der Waals surface area (Å²) in [5.41, 5.74) is 3.39. The first-order valence-electron chi connectivity index (χ1n) is 8.75. The highest BCUT2D eigenvalue weighted by Gasteiger charge is 2.34. The molecule has 0 saturated heterocycles. The number of fused-ring (bicyclic) bond motifs is 1. The summed E-state index contributed by atoms with van der Waals surface area (Å²) in [6.07, 6.45) is 2.21. The Morgan fingerprint density at radius 3 is 2.67 bits per heavy atom. The number of carbonyl (C=O) groups excluding carboxylic acids is 1. The number of imidazole rings is 1. The van der Waals surface area contributed by atoms with Gasteiger partial charge in [0.2, 0.25) is 5.91 Å². The van der Waals surface area contributed by atoms with Gasteiger partial charge in [0.1, 0.15) is 11.9 Å². The van der Waals surface area contributed by atoms with E-state index in [1.165, 1.54) is 5.69 Å². The highest BCUT2D eigenvalue weighted by atomic mass is 16.2. The molecule has 0 spiro atoms. The molecular weight excluding hydrogens is 300 g/mol. The molecule has 1 aliphatic heterocycles. The van der Waals surface area contributed by atoms with Crippen molar-refractivity contribution in [3.8, 4) is 0 Å². The maximum absolute atomic E-state index is 12.9. The van der Waals surface area contributed by atoms with E-state index >= 15 is 0 Å². The highest BCUT2D eigenvalue weighted by molar-refractivity contribution is 5.83. The van der Waals surface area contributed by atoms with Gasteiger partial charge in [-0.1, -0.05) is 30.3 Å². The maximum atomic E-state index is 12.9. The van der Waals surface area contributed by atoms with E-state index in [2.05, 4.69) is 40.8 Å². The topological polar surface area (TPSA) is 50.2 Å². The van der Waals surface area contributed by atoms with Crippen LogP contribution in [0.3, 0.4) is 0 Å². The molecule has 1 saturated carbocycles. The van der Waals surface area contributed by atoms with Gasteiger partial charge in [0.05, 0.1) is 12.2 Å². The second kappa shape index (κ2) is 6.06. The Hall–Kier alpha value is -2.14. The monoisotopic (exact) mass is 324 g/mol. The fraction of sp³-hybridized carbons (Fsp3) is 0.474. The van der Waals surface area contributed by atoms with Crippen molar-refractivity contribution >= 4 is 5.91 Å². The van der Waals surface area contributed by atoms with Crippen LogP contribution in [0.1, 0.15) is 41.7 Å². The molecule has 0 bridgehead atoms. The van der Waals surface area contributed by atoms with Gasteiger partial charge in [-0.15, -0.1) is 0 Å². The number of nitrogens with one attached hydrogen (secondary N) is 1. The van der Waals surface area contributed by atoms with Crippen LogP contribution in [-0.4, -0.2) is 32.9 Å². The van der Waals surface area contributed by atoms with E-state index in [0.717, 1.165) is 43.0 Å². The Morgan fingerprint density at radius 2 is 1.96 bits per heavy atom. The summed E-state index contributed by atoms with van der Waals surface area (Å²) < 4.78 is 2.28. The smallest absolute Gasteiger partial charge is 0.242 e. The van der Waals surface area contributed by atoms with E-state index in [1.807, 2.05) is 18.2 Å². The predicted octanol–water partition coefficient (Wildman–Crippen LogP) is 2.34. The van der Waals surface area contributed by atoms with Crippen molar-refractivity contribution in [1.29, 1.82) is 0 Å². The van der Waals surface area contributed by atoms with Crippen LogP contribution in [0.15, 0.2) is 30.3 Å². The molecule has 2 aliphatic rings. The van der Waals surface area contributed by atoms with E-state index in [1.54, 1.807) is 0 Å². The number of aromatic nitrogens is 2. The summed E-state index contributed by atoms with van der Waals surface area (Å²) in [5.74, 6) is 1.19. The van der Waals surface area contributed by atoms with Crippen molar-refractivity contribution in [2.24, 2.45) is 0 Å². The minimum absolute atomic E-state index is 0.122. The van der Waals surface area contributed by atoms with Gasteiger partial charge < -0.3 is 9.88 Å². The molecule has 0 radical (unpaired) electrons. The van der Waals surface area contributed by atoms with Crippen molar-refractivity contribution in [1.82, 2.24) is 19.8 Å². The van der Waals surface area contributed by atoms with Gasteiger partial charge >= 0.3 is 0 Å². The molecule has 5 heteroatoms. The summed E-state index contributed by atoms with van der Waals surface area (Å²) in [6.45, 7) is 6.64. The van der Waals surface area contributed by atoms with Crippen LogP contribution >= 0.6 is 0 Å². The minimum atomic E-state index is -0.238. The summed E-state index contributed by atoms with van der Waals surface area (Å²) >= 11 is 0. The lowest BCUT2D eigenvalue weighted by Gasteiger charge is -2.34. The van der Waals surface area contributed by atoms with Crippen molar-refractivity contribution in [2.75, 3.05) is 6.54 Å². The van der Waals surface area contributed by atoms with Crippen LogP contribution in [0.5, 0.6) is 0 Å². The molecule has 1 amide bonds. The van der Waals surface area contributed by atoms with E-state index < -0.39 is 0 Å². The summed E-state index contributed by atoms with van der Waals surface area (Å²) in [7, 11) is 0. The standard InChI is InChI=1S/C19H24N4O/c1-13-14(2)23-11-10-22(12-17(23)20-13)18(15-6-4-3-5-7-15)19(24)21-16-8-9-16/h3-7,16,18H,8-12H2,1-2H3,(H,21,24)/t18-/m0/s1. The highest BCUT2D eigenvalue weighted by Crippen LogP contribution is 2.28. The van der Waals surface area contributed by atoms with Crippen LogP contribution in [-0.2, 0) is 17.9 Å². The lowest BCUT2D eigenvalue weighted by Crippen LogP contribution is -2.44. The molecule has 4 rings (SSSR count). The van der Waals surface area contributed by atoms with Crippen molar-refractivity contribution < 1.29 is 4.79 Å². The quantitative estimate of drug-likeness (QED) is 0.939. The Kier molecular flexibility index (Phi) is 3.88. The minimum Gasteiger partial charge on any atom is -0.352 e. The Labute approximate surface area is 142 Å². The fourth-order valence-corrected chi connectivity index (χ4v) is 3.52. The number of hydrogen-bond acceptors (Lipinski definition) is 3. The molecule has 24 heavy (non-hydrogen) atoms. The van der Waals surface area contributed by atoms with Gasteiger partial charge in [-0.25, -0.2) is 4.98 Å². The second-order valence-electron chi connectivity index (χ2n) is 6.92. The third-order valence-electron chi connectivity index (χ3n) is 5.14. The molecule has 1 aromatic carbocycles. The zero-order chi connectivity index (χ0) is 16.7. The lowest BCUT2D eigenvalue weighted by molar-refractivity contribution is -0.127. The van der Waals surface area contributed by atoms with Gasteiger partial charge in [0.15, 0.2) is 0 Å². The summed E-state index contributed by atoms with van der Waals surface area (Å²) in [6, 6.07) is 10.2. The number of rotatable bonds is 4. The van der Waals surface area contributed by atoms with Crippen molar-refractivity contribution in [3.05, 3.63) is 53.1 Å². The van der Waals surface area contributed by atoms with Gasteiger partial charge in [-0.2, -0.15) is 0 Å². The number of benzene rings is 1. The average Bonchev–Trinajstić information content (AvgIpc) is 3.34. The molecule has 1 aliphatic carbocycles. The third kappa shape index (κ3) is 2.84. The molecule has 2 heterocycles. The van der Waals surface area contributed by atoms with Crippen LogP contribution in [0, 0.1) is 13.8 Å². The van der Waals surface area contributed by atoms with Gasteiger partial charge in [-0.05, 0) is 32.3 Å². The number of carbonyl (C=O) groups is 1. The number of nitrogens with zero attached hydrogens (tertiary/aromatic N) is 3. The summed E-state index contributed by atoms with van der Waals surface area (Å²) in [5, 5.41) is 3.18. The molecule has 2 aromatic rings. The first-order valence-corrected chi connectivity index (χ1v) is 8.75. The van der Waals surface area contributed by atoms with Gasteiger partial charge in [-0.3, -0.25) is 9.69 Å². The fourth-order valence-electron chi connectivity index (χ4n) is 3.52. The number of hydrogen-bond donors (Lipinski definition) is 1. The normalized spacial score (nSPS) is 18.9. The van der Waals surface area contributed by atoms with Crippen LogP contribution in [0.2, 0.25) is 0 Å². The van der Waals surface area contributed by atoms with Gasteiger partial charge in [0, 0.05) is 24.8 Å². The first kappa shape index (κ1) is 15.4. The Morgan fingerprint density at radius 1 is 1.21 bits per heavy atom. The molecule has 126 valence electrons. The SMILES string of the molecule is Cc1nc2n(c1C)CCN([C@H](C(=O)NC1CC1)c1ccccc1)C2. The van der Waals surface area contributed by atoms with E-state index in [4.69, 9.17) is 4.98 Å². The van der Waals surface area contributed by atoms with Crippen molar-refractivity contribution in [2.45, 2.75) is 51.9 Å². The lowest BCUT2D eigenvalue weighted by atomic mass is 10.0. The van der Waals surface area contributed by atoms with E-state index in [0.29, 0.717) is 12.6 Å². The van der Waals surface area contributed by atoms with Crippen LogP contribution in [0.25, 0.3) is 0 Å². The zero-order valence-corrected chi connectivity index (χ0v) is 14.3. The predicted molar refractivity (Wildman–Crippen MR) is 92.5 cm³/mol. The molecule has 1 N–H and O–H groups in total. The number of amides is 1. The molecule has 0 unspecified atom stereocenters. The van der Waals surface area contributed by atoms with E-state index in [9.17, 15) is 4.79 Å². The second-order valence-corrected chi connectivity index (χ2v) is 6.92. The summed E-state index contributed by atoms with van der Waals surface area (Å²) in [4.78, 5) is 19.9. The zero-order valence-electron chi connectivity index (χ0n) is 14.3. The van der Waals surface area contributed by atoms with E-state index in [-0.39, 0.29) is 11.9 Å². The first-order chi connectivity index (χ1) is 11.6. The Bertz CT molecular complexity index is 748. The van der Waals surface area contributed by atoms with Crippen LogP contribution < -0.4 is 5.32 Å². The number of aryl methyl sites for hydroxylation is 1. The van der Waals surface area contributed by atoms with Crippen LogP contribution in [0.4, 0.5) is 0 Å². The van der Waals surface area contributed by atoms with Crippen molar-refractivity contribution in [3.63, 3.8) is 0 Å². The maximum Gasteiger partial charge on any atom is 0.242 e. The average molecular weight is 324 g/mol.